The first-order chi connectivity index (χ1) is 9.76. The van der Waals surface area contributed by atoms with Crippen LogP contribution in [0.15, 0.2) is 0 Å². The predicted octanol–water partition coefficient (Wildman–Crippen LogP) is 5.50. The standard InChI is InChI=1S/C18H34O2/c1-3-5-6-7-10-16-13-14-17(15-16)11-8-9-12-18(19)20-4-2/h16-17H,3-15H2,1-2H3. The lowest BCUT2D eigenvalue weighted by atomic mass is 9.95. The summed E-state index contributed by atoms with van der Waals surface area (Å²) in [6.45, 7) is 4.67. The van der Waals surface area contributed by atoms with Crippen molar-refractivity contribution >= 4 is 5.97 Å². The molecule has 118 valence electrons. The molecule has 0 aromatic carbocycles. The van der Waals surface area contributed by atoms with Crippen LogP contribution in [0.1, 0.15) is 90.9 Å². The molecule has 1 aliphatic rings. The lowest BCUT2D eigenvalue weighted by molar-refractivity contribution is -0.143. The maximum absolute atomic E-state index is 11.2. The van der Waals surface area contributed by atoms with E-state index in [9.17, 15) is 4.79 Å². The Morgan fingerprint density at radius 3 is 2.20 bits per heavy atom. The summed E-state index contributed by atoms with van der Waals surface area (Å²) >= 11 is 0. The van der Waals surface area contributed by atoms with Crippen molar-refractivity contribution < 1.29 is 9.53 Å². The molecule has 2 unspecified atom stereocenters. The van der Waals surface area contributed by atoms with Crippen LogP contribution in [0.4, 0.5) is 0 Å². The Bertz CT molecular complexity index is 250. The molecule has 2 nitrogen and oxygen atoms in total. The fraction of sp³-hybridized carbons (Fsp3) is 0.944. The molecular formula is C18H34O2. The van der Waals surface area contributed by atoms with E-state index in [-0.39, 0.29) is 5.97 Å². The molecule has 1 saturated carbocycles. The summed E-state index contributed by atoms with van der Waals surface area (Å²) in [5.41, 5.74) is 0. The van der Waals surface area contributed by atoms with Gasteiger partial charge in [0.05, 0.1) is 6.61 Å². The smallest absolute Gasteiger partial charge is 0.305 e. The van der Waals surface area contributed by atoms with E-state index >= 15 is 0 Å². The van der Waals surface area contributed by atoms with E-state index in [0.29, 0.717) is 13.0 Å². The molecule has 0 aromatic heterocycles. The van der Waals surface area contributed by atoms with E-state index in [1.807, 2.05) is 6.92 Å². The van der Waals surface area contributed by atoms with Gasteiger partial charge in [-0.1, -0.05) is 64.7 Å². The zero-order valence-electron chi connectivity index (χ0n) is 13.7. The third-order valence-corrected chi connectivity index (χ3v) is 4.66. The number of ether oxygens (including phenoxy) is 1. The van der Waals surface area contributed by atoms with Gasteiger partial charge in [-0.25, -0.2) is 0 Å². The number of carbonyl (C=O) groups is 1. The van der Waals surface area contributed by atoms with Gasteiger partial charge in [0.1, 0.15) is 0 Å². The highest BCUT2D eigenvalue weighted by Gasteiger charge is 2.23. The normalized spacial score (nSPS) is 22.1. The van der Waals surface area contributed by atoms with Crippen molar-refractivity contribution in [2.75, 3.05) is 6.61 Å². The maximum Gasteiger partial charge on any atom is 0.305 e. The van der Waals surface area contributed by atoms with E-state index in [1.54, 1.807) is 0 Å². The Morgan fingerprint density at radius 2 is 1.60 bits per heavy atom. The molecule has 1 aliphatic carbocycles. The number of carbonyl (C=O) groups excluding carboxylic acids is 1. The van der Waals surface area contributed by atoms with Crippen LogP contribution in [0.5, 0.6) is 0 Å². The highest BCUT2D eigenvalue weighted by atomic mass is 16.5. The molecule has 1 rings (SSSR count). The van der Waals surface area contributed by atoms with Gasteiger partial charge < -0.3 is 4.74 Å². The number of hydrogen-bond donors (Lipinski definition) is 0. The second kappa shape index (κ2) is 11.2. The molecule has 1 fully saturated rings. The third-order valence-electron chi connectivity index (χ3n) is 4.66. The van der Waals surface area contributed by atoms with Crippen molar-refractivity contribution in [2.24, 2.45) is 11.8 Å². The summed E-state index contributed by atoms with van der Waals surface area (Å²) in [6.07, 6.45) is 15.6. The molecule has 0 heterocycles. The van der Waals surface area contributed by atoms with Gasteiger partial charge in [-0.3, -0.25) is 4.79 Å². The van der Waals surface area contributed by atoms with Gasteiger partial charge in [0.2, 0.25) is 0 Å². The summed E-state index contributed by atoms with van der Waals surface area (Å²) in [7, 11) is 0. The van der Waals surface area contributed by atoms with Crippen LogP contribution < -0.4 is 0 Å². The summed E-state index contributed by atoms with van der Waals surface area (Å²) < 4.78 is 4.96. The topological polar surface area (TPSA) is 26.3 Å². The molecule has 0 spiro atoms. The van der Waals surface area contributed by atoms with E-state index in [1.165, 1.54) is 64.2 Å². The summed E-state index contributed by atoms with van der Waals surface area (Å²) in [5, 5.41) is 0. The van der Waals surface area contributed by atoms with Crippen molar-refractivity contribution in [3.63, 3.8) is 0 Å². The molecule has 0 amide bonds. The lowest BCUT2D eigenvalue weighted by Gasteiger charge is -2.11. The van der Waals surface area contributed by atoms with Gasteiger partial charge >= 0.3 is 5.97 Å². The fourth-order valence-corrected chi connectivity index (χ4v) is 3.50. The number of rotatable bonds is 11. The minimum Gasteiger partial charge on any atom is -0.466 e. The van der Waals surface area contributed by atoms with Gasteiger partial charge in [0.25, 0.3) is 0 Å². The highest BCUT2D eigenvalue weighted by molar-refractivity contribution is 5.69. The van der Waals surface area contributed by atoms with Gasteiger partial charge in [0, 0.05) is 6.42 Å². The molecule has 2 heteroatoms. The number of unbranched alkanes of at least 4 members (excludes halogenated alkanes) is 4. The first kappa shape index (κ1) is 17.5. The van der Waals surface area contributed by atoms with Crippen LogP contribution in [-0.2, 0) is 9.53 Å². The fourth-order valence-electron chi connectivity index (χ4n) is 3.50. The number of hydrogen-bond acceptors (Lipinski definition) is 2. The maximum atomic E-state index is 11.2. The van der Waals surface area contributed by atoms with Crippen molar-refractivity contribution in [1.82, 2.24) is 0 Å². The van der Waals surface area contributed by atoms with Crippen molar-refractivity contribution in [2.45, 2.75) is 90.9 Å². The van der Waals surface area contributed by atoms with Crippen LogP contribution in [0, 0.1) is 11.8 Å². The van der Waals surface area contributed by atoms with Gasteiger partial charge in [0.15, 0.2) is 0 Å². The highest BCUT2D eigenvalue weighted by Crippen LogP contribution is 2.37. The second-order valence-corrected chi connectivity index (χ2v) is 6.45. The Kier molecular flexibility index (Phi) is 9.78. The van der Waals surface area contributed by atoms with E-state index < -0.39 is 0 Å². The molecular weight excluding hydrogens is 248 g/mol. The molecule has 20 heavy (non-hydrogen) atoms. The Hall–Kier alpha value is -0.530. The quantitative estimate of drug-likeness (QED) is 0.369. The average molecular weight is 282 g/mol. The molecule has 2 atom stereocenters. The zero-order valence-corrected chi connectivity index (χ0v) is 13.7. The molecule has 0 saturated heterocycles. The Balaban J connectivity index is 1.97. The van der Waals surface area contributed by atoms with Crippen molar-refractivity contribution in [3.8, 4) is 0 Å². The first-order valence-electron chi connectivity index (χ1n) is 8.91. The second-order valence-electron chi connectivity index (χ2n) is 6.45. The van der Waals surface area contributed by atoms with Crippen LogP contribution in [0.25, 0.3) is 0 Å². The largest absolute Gasteiger partial charge is 0.466 e. The Labute approximate surface area is 125 Å². The van der Waals surface area contributed by atoms with E-state index in [4.69, 9.17) is 4.74 Å². The summed E-state index contributed by atoms with van der Waals surface area (Å²) in [5.74, 6) is 1.92. The minimum absolute atomic E-state index is 0.0206. The monoisotopic (exact) mass is 282 g/mol. The average Bonchev–Trinajstić information content (AvgIpc) is 2.88. The van der Waals surface area contributed by atoms with Gasteiger partial charge in [-0.2, -0.15) is 0 Å². The van der Waals surface area contributed by atoms with E-state index in [2.05, 4.69) is 6.92 Å². The van der Waals surface area contributed by atoms with Crippen LogP contribution >= 0.6 is 0 Å². The SMILES string of the molecule is CCCCCCC1CCC(CCCCC(=O)OCC)C1. The molecule has 0 radical (unpaired) electrons. The third kappa shape index (κ3) is 7.91. The van der Waals surface area contributed by atoms with Crippen LogP contribution in [0.3, 0.4) is 0 Å². The van der Waals surface area contributed by atoms with Gasteiger partial charge in [-0.05, 0) is 31.6 Å². The van der Waals surface area contributed by atoms with Crippen molar-refractivity contribution in [1.29, 1.82) is 0 Å². The number of esters is 1. The predicted molar refractivity (Wildman–Crippen MR) is 84.7 cm³/mol. The molecule has 0 aliphatic heterocycles. The van der Waals surface area contributed by atoms with Gasteiger partial charge in [-0.15, -0.1) is 0 Å². The van der Waals surface area contributed by atoms with Crippen molar-refractivity contribution in [3.05, 3.63) is 0 Å². The Morgan fingerprint density at radius 1 is 0.950 bits per heavy atom. The zero-order chi connectivity index (χ0) is 14.6. The summed E-state index contributed by atoms with van der Waals surface area (Å²) in [4.78, 5) is 11.2. The minimum atomic E-state index is -0.0206. The molecule has 0 aromatic rings. The first-order valence-corrected chi connectivity index (χ1v) is 8.91. The van der Waals surface area contributed by atoms with Crippen LogP contribution in [0.2, 0.25) is 0 Å². The van der Waals surface area contributed by atoms with Crippen LogP contribution in [-0.4, -0.2) is 12.6 Å². The molecule has 0 N–H and O–H groups in total. The molecule has 0 bridgehead atoms. The van der Waals surface area contributed by atoms with E-state index in [0.717, 1.165) is 18.3 Å². The lowest BCUT2D eigenvalue weighted by Crippen LogP contribution is -2.04. The summed E-state index contributed by atoms with van der Waals surface area (Å²) in [6, 6.07) is 0.